The van der Waals surface area contributed by atoms with Gasteiger partial charge >= 0.3 is 11.9 Å². The van der Waals surface area contributed by atoms with Crippen molar-refractivity contribution in [3.05, 3.63) is 53.6 Å². The van der Waals surface area contributed by atoms with Crippen LogP contribution in [0.15, 0.2) is 47.4 Å². The van der Waals surface area contributed by atoms with Crippen LogP contribution in [0.3, 0.4) is 0 Å². The number of carboxylic acid groups (broad SMARTS) is 2. The summed E-state index contributed by atoms with van der Waals surface area (Å²) in [5.41, 5.74) is 2.24. The van der Waals surface area contributed by atoms with Gasteiger partial charge in [-0.3, -0.25) is 9.59 Å². The van der Waals surface area contributed by atoms with Crippen LogP contribution in [0.25, 0.3) is 0 Å². The summed E-state index contributed by atoms with van der Waals surface area (Å²) in [5.74, 6) is -1.72. The summed E-state index contributed by atoms with van der Waals surface area (Å²) < 4.78 is 0. The van der Waals surface area contributed by atoms with Crippen LogP contribution in [0.2, 0.25) is 12.1 Å². The van der Waals surface area contributed by atoms with Crippen molar-refractivity contribution in [3.8, 4) is 5.75 Å². The summed E-state index contributed by atoms with van der Waals surface area (Å²) in [6.45, 7) is 18.0. The van der Waals surface area contributed by atoms with Crippen LogP contribution in [0.1, 0.15) is 79.4 Å². The first-order chi connectivity index (χ1) is 16.6. The minimum atomic E-state index is -1.56. The second kappa shape index (κ2) is 13.3. The molecule has 0 atom stereocenters. The molecule has 0 amide bonds. The molecule has 7 heteroatoms. The maximum atomic E-state index is 10.7. The first-order valence-electron chi connectivity index (χ1n) is 12.6. The maximum absolute atomic E-state index is 10.7. The van der Waals surface area contributed by atoms with Crippen molar-refractivity contribution in [2.75, 3.05) is 5.38 Å². The first kappa shape index (κ1) is 31.8. The molecule has 5 nitrogen and oxygen atoms in total. The van der Waals surface area contributed by atoms with Crippen LogP contribution in [0, 0.1) is 0 Å². The fraction of sp³-hybridized carbons (Fsp3) is 0.517. The largest absolute Gasteiger partial charge is 0.508 e. The Morgan fingerprint density at radius 2 is 1.28 bits per heavy atom. The normalized spacial score (nSPS) is 12.0. The number of aliphatic carboxylic acids is 2. The minimum absolute atomic E-state index is 0.00557. The Kier molecular flexibility index (Phi) is 11.8. The van der Waals surface area contributed by atoms with Gasteiger partial charge in [-0.05, 0) is 33.9 Å². The summed E-state index contributed by atoms with van der Waals surface area (Å²) in [6, 6.07) is 18.0. The Morgan fingerprint density at radius 3 is 1.67 bits per heavy atom. The van der Waals surface area contributed by atoms with Gasteiger partial charge in [0.1, 0.15) is 5.75 Å². The molecule has 0 heterocycles. The lowest BCUT2D eigenvalue weighted by atomic mass is 9.81. The van der Waals surface area contributed by atoms with Crippen molar-refractivity contribution in [2.45, 2.75) is 96.0 Å². The van der Waals surface area contributed by atoms with Crippen molar-refractivity contribution in [1.29, 1.82) is 0 Å². The molecule has 2 aromatic carbocycles. The molecule has 0 aromatic heterocycles. The Hall–Kier alpha value is -2.25. The number of phenolic OH excluding ortho intramolecular Hbond substituents is 1. The molecule has 2 aromatic rings. The highest BCUT2D eigenvalue weighted by atomic mass is 32.2. The summed E-state index contributed by atoms with van der Waals surface area (Å²) in [6.07, 6.45) is -0.593. The molecule has 0 aliphatic carbocycles. The molecular weight excluding hydrogens is 488 g/mol. The van der Waals surface area contributed by atoms with E-state index in [1.165, 1.54) is 27.9 Å². The van der Waals surface area contributed by atoms with E-state index < -0.39 is 20.0 Å². The zero-order valence-electron chi connectivity index (χ0n) is 23.1. The average Bonchev–Trinajstić information content (AvgIpc) is 2.79. The zero-order valence-corrected chi connectivity index (χ0v) is 25.0. The number of hydrogen-bond donors (Lipinski definition) is 3. The predicted octanol–water partition coefficient (Wildman–Crippen LogP) is 6.95. The molecule has 0 radical (unpaired) electrons. The smallest absolute Gasteiger partial charge is 0.303 e. The lowest BCUT2D eigenvalue weighted by molar-refractivity contribution is -0.143. The van der Waals surface area contributed by atoms with Crippen molar-refractivity contribution >= 4 is 37.0 Å². The Labute approximate surface area is 222 Å². The average molecular weight is 533 g/mol. The molecule has 200 valence electrons. The van der Waals surface area contributed by atoms with Gasteiger partial charge in [-0.25, -0.2) is 0 Å². The van der Waals surface area contributed by atoms with Crippen LogP contribution >= 0.6 is 11.8 Å². The molecule has 0 unspecified atom stereocenters. The fourth-order valence-electron chi connectivity index (χ4n) is 4.04. The quantitative estimate of drug-likeness (QED) is 0.239. The monoisotopic (exact) mass is 532 g/mol. The molecule has 0 saturated heterocycles. The molecule has 0 fully saturated rings. The predicted molar refractivity (Wildman–Crippen MR) is 154 cm³/mol. The van der Waals surface area contributed by atoms with Gasteiger partial charge in [0.05, 0.1) is 20.9 Å². The number of rotatable bonds is 9. The van der Waals surface area contributed by atoms with E-state index in [1.807, 2.05) is 17.8 Å². The van der Waals surface area contributed by atoms with E-state index >= 15 is 0 Å². The highest BCUT2D eigenvalue weighted by molar-refractivity contribution is 8.01. The van der Waals surface area contributed by atoms with Gasteiger partial charge in [0, 0.05) is 10.5 Å². The van der Waals surface area contributed by atoms with Gasteiger partial charge < -0.3 is 15.3 Å². The van der Waals surface area contributed by atoms with E-state index in [4.69, 9.17) is 10.2 Å². The van der Waals surface area contributed by atoms with Crippen LogP contribution in [0.4, 0.5) is 0 Å². The standard InChI is InChI=1S/C25H38OSSi.C4H6O4/c1-9-28(10-2,19-14-12-11-13-15-19)18-27-23-17-20(24(3,4)5)22(26)16-21(23)25(6,7)8;5-3(6)1-2-4(7)8/h11-17,26H,9-10,18H2,1-8H3;1-2H2,(H,5,6)(H,7,8). The summed E-state index contributed by atoms with van der Waals surface area (Å²) in [5, 5.41) is 29.3. The van der Waals surface area contributed by atoms with E-state index in [-0.39, 0.29) is 23.7 Å². The molecular formula is C29H44O5SSi. The lowest BCUT2D eigenvalue weighted by Crippen LogP contribution is -2.49. The minimum Gasteiger partial charge on any atom is -0.508 e. The summed E-state index contributed by atoms with van der Waals surface area (Å²) >= 11 is 2.01. The lowest BCUT2D eigenvalue weighted by Gasteiger charge is -2.32. The molecule has 3 N–H and O–H groups in total. The van der Waals surface area contributed by atoms with Crippen molar-refractivity contribution in [2.24, 2.45) is 0 Å². The Balaban J connectivity index is 0.000000697. The molecule has 0 aliphatic rings. The van der Waals surface area contributed by atoms with Gasteiger partial charge in [-0.2, -0.15) is 0 Å². The van der Waals surface area contributed by atoms with E-state index in [0.717, 1.165) is 5.56 Å². The second-order valence-electron chi connectivity index (χ2n) is 11.3. The van der Waals surface area contributed by atoms with Gasteiger partial charge in [0.15, 0.2) is 0 Å². The van der Waals surface area contributed by atoms with Gasteiger partial charge in [-0.1, -0.05) is 103 Å². The molecule has 0 aliphatic heterocycles. The molecule has 36 heavy (non-hydrogen) atoms. The molecule has 0 bridgehead atoms. The number of hydrogen-bond acceptors (Lipinski definition) is 4. The summed E-state index contributed by atoms with van der Waals surface area (Å²) in [4.78, 5) is 20.6. The number of benzene rings is 2. The van der Waals surface area contributed by atoms with Crippen LogP contribution in [-0.2, 0) is 20.4 Å². The topological polar surface area (TPSA) is 94.8 Å². The van der Waals surface area contributed by atoms with Crippen LogP contribution in [-0.4, -0.2) is 40.7 Å². The third kappa shape index (κ3) is 9.32. The van der Waals surface area contributed by atoms with Gasteiger partial charge in [-0.15, -0.1) is 11.8 Å². The van der Waals surface area contributed by atoms with Gasteiger partial charge in [0.2, 0.25) is 0 Å². The van der Waals surface area contributed by atoms with Crippen LogP contribution < -0.4 is 5.19 Å². The highest BCUT2D eigenvalue weighted by Crippen LogP contribution is 2.41. The van der Waals surface area contributed by atoms with Crippen molar-refractivity contribution < 1.29 is 24.9 Å². The number of aromatic hydroxyl groups is 1. The third-order valence-electron chi connectivity index (χ3n) is 6.51. The Bertz CT molecular complexity index is 989. The summed E-state index contributed by atoms with van der Waals surface area (Å²) in [7, 11) is -1.56. The zero-order chi connectivity index (χ0) is 27.7. The molecule has 0 spiro atoms. The molecule has 0 saturated carbocycles. The van der Waals surface area contributed by atoms with E-state index in [1.54, 1.807) is 5.19 Å². The number of thioether (sulfide) groups is 1. The first-order valence-corrected chi connectivity index (χ1v) is 16.2. The number of carbonyl (C=O) groups is 2. The van der Waals surface area contributed by atoms with E-state index in [2.05, 4.69) is 91.8 Å². The third-order valence-corrected chi connectivity index (χ3v) is 14.2. The van der Waals surface area contributed by atoms with Gasteiger partial charge in [0.25, 0.3) is 0 Å². The van der Waals surface area contributed by atoms with E-state index in [0.29, 0.717) is 5.75 Å². The molecule has 2 rings (SSSR count). The maximum Gasteiger partial charge on any atom is 0.303 e. The number of carboxylic acids is 2. The van der Waals surface area contributed by atoms with Crippen molar-refractivity contribution in [3.63, 3.8) is 0 Å². The SMILES string of the molecule is CC[Si](CC)(CSc1cc(C(C)(C)C)c(O)cc1C(C)(C)C)c1ccccc1.O=C(O)CCC(=O)O. The fourth-order valence-corrected chi connectivity index (χ4v) is 11.0. The van der Waals surface area contributed by atoms with Crippen LogP contribution in [0.5, 0.6) is 5.75 Å². The second-order valence-corrected chi connectivity index (χ2v) is 17.7. The highest BCUT2D eigenvalue weighted by Gasteiger charge is 2.33. The van der Waals surface area contributed by atoms with Crippen molar-refractivity contribution in [1.82, 2.24) is 0 Å². The van der Waals surface area contributed by atoms with E-state index in [9.17, 15) is 14.7 Å². The number of phenols is 1. The Morgan fingerprint density at radius 1 is 0.806 bits per heavy atom.